The summed E-state index contributed by atoms with van der Waals surface area (Å²) in [6.45, 7) is 6.24. The lowest BCUT2D eigenvalue weighted by Crippen LogP contribution is -2.33. The Balaban J connectivity index is 1.97. The quantitative estimate of drug-likeness (QED) is 0.585. The molecule has 0 saturated heterocycles. The molecule has 0 atom stereocenters. The van der Waals surface area contributed by atoms with Crippen LogP contribution in [0.2, 0.25) is 5.02 Å². The molecule has 0 N–H and O–H groups in total. The Kier molecular flexibility index (Phi) is 6.28. The highest BCUT2D eigenvalue weighted by molar-refractivity contribution is 7.89. The zero-order chi connectivity index (χ0) is 21.3. The van der Waals surface area contributed by atoms with E-state index in [0.717, 1.165) is 10.2 Å². The first-order chi connectivity index (χ1) is 13.6. The van der Waals surface area contributed by atoms with Crippen LogP contribution in [0, 0.1) is 0 Å². The van der Waals surface area contributed by atoms with Gasteiger partial charge in [-0.15, -0.1) is 0 Å². The van der Waals surface area contributed by atoms with Crippen LogP contribution in [-0.4, -0.2) is 36.3 Å². The van der Waals surface area contributed by atoms with E-state index in [9.17, 15) is 13.2 Å². The molecule has 3 rings (SSSR count). The number of carbonyl (C=O) groups is 1. The molecular formula is C20H22ClN3O3S2. The molecule has 0 saturated carbocycles. The molecule has 1 heterocycles. The van der Waals surface area contributed by atoms with Crippen molar-refractivity contribution >= 4 is 49.1 Å². The number of carbonyl (C=O) groups excluding carboxylic acids is 1. The largest absolute Gasteiger partial charge is 0.317 e. The molecule has 29 heavy (non-hydrogen) atoms. The minimum atomic E-state index is -3.59. The fraction of sp³-hybridized carbons (Fsp3) is 0.300. The molecule has 1 amide bonds. The molecule has 0 unspecified atom stereocenters. The Labute approximate surface area is 179 Å². The maximum Gasteiger partial charge on any atom is 0.279 e. The van der Waals surface area contributed by atoms with Gasteiger partial charge in [0.2, 0.25) is 10.0 Å². The van der Waals surface area contributed by atoms with E-state index >= 15 is 0 Å². The number of aromatic nitrogens is 1. The third-order valence-corrected chi connectivity index (χ3v) is 7.99. The molecule has 9 heteroatoms. The second-order valence-corrected chi connectivity index (χ2v) is 10.2. The van der Waals surface area contributed by atoms with Crippen LogP contribution in [0.1, 0.15) is 31.1 Å². The molecule has 3 aromatic rings. The third-order valence-electron chi connectivity index (χ3n) is 4.66. The van der Waals surface area contributed by atoms with E-state index in [1.54, 1.807) is 13.8 Å². The monoisotopic (exact) mass is 451 g/mol. The number of fused-ring (bicyclic) bond motifs is 1. The summed E-state index contributed by atoms with van der Waals surface area (Å²) in [5.41, 5.74) is 1.29. The van der Waals surface area contributed by atoms with Gasteiger partial charge in [-0.3, -0.25) is 4.79 Å². The van der Waals surface area contributed by atoms with Crippen molar-refractivity contribution < 1.29 is 13.2 Å². The lowest BCUT2D eigenvalue weighted by Gasteiger charge is -2.20. The average Bonchev–Trinajstić information content (AvgIpc) is 3.03. The van der Waals surface area contributed by atoms with E-state index in [1.165, 1.54) is 47.0 Å². The summed E-state index contributed by atoms with van der Waals surface area (Å²) < 4.78 is 29.3. The van der Waals surface area contributed by atoms with Crippen LogP contribution in [0.5, 0.6) is 0 Å². The van der Waals surface area contributed by atoms with Gasteiger partial charge in [0.05, 0.1) is 15.1 Å². The predicted octanol–water partition coefficient (Wildman–Crippen LogP) is 4.15. The lowest BCUT2D eigenvalue weighted by molar-refractivity contribution is 0.0997. The van der Waals surface area contributed by atoms with E-state index in [4.69, 9.17) is 11.6 Å². The highest BCUT2D eigenvalue weighted by atomic mass is 35.5. The zero-order valence-electron chi connectivity index (χ0n) is 16.6. The van der Waals surface area contributed by atoms with Gasteiger partial charge in [-0.1, -0.05) is 22.9 Å². The molecule has 2 aromatic carbocycles. The van der Waals surface area contributed by atoms with Crippen molar-refractivity contribution in [2.75, 3.05) is 7.05 Å². The van der Waals surface area contributed by atoms with Crippen molar-refractivity contribution in [3.05, 3.63) is 57.9 Å². The number of hydrogen-bond donors (Lipinski definition) is 0. The number of sulfonamides is 1. The van der Waals surface area contributed by atoms with Gasteiger partial charge in [-0.25, -0.2) is 8.42 Å². The number of hydrogen-bond acceptors (Lipinski definition) is 4. The van der Waals surface area contributed by atoms with Crippen molar-refractivity contribution in [2.24, 2.45) is 4.99 Å². The average molecular weight is 452 g/mol. The van der Waals surface area contributed by atoms with E-state index in [1.807, 2.05) is 29.7 Å². The summed E-state index contributed by atoms with van der Waals surface area (Å²) in [4.78, 5) is 17.7. The second kappa shape index (κ2) is 8.39. The first kappa shape index (κ1) is 21.7. The van der Waals surface area contributed by atoms with E-state index < -0.39 is 15.9 Å². The minimum Gasteiger partial charge on any atom is -0.317 e. The Morgan fingerprint density at radius 1 is 1.21 bits per heavy atom. The smallest absolute Gasteiger partial charge is 0.279 e. The topological polar surface area (TPSA) is 71.7 Å². The Morgan fingerprint density at radius 3 is 2.45 bits per heavy atom. The normalized spacial score (nSPS) is 13.0. The van der Waals surface area contributed by atoms with Gasteiger partial charge >= 0.3 is 0 Å². The molecule has 0 aliphatic heterocycles. The summed E-state index contributed by atoms with van der Waals surface area (Å²) in [7, 11) is -2.06. The van der Waals surface area contributed by atoms with Crippen LogP contribution >= 0.6 is 22.9 Å². The van der Waals surface area contributed by atoms with Crippen molar-refractivity contribution in [2.45, 2.75) is 38.3 Å². The van der Waals surface area contributed by atoms with Crippen molar-refractivity contribution in [3.63, 3.8) is 0 Å². The Hall–Kier alpha value is -2.00. The zero-order valence-corrected chi connectivity index (χ0v) is 19.0. The number of aryl methyl sites for hydroxylation is 1. The van der Waals surface area contributed by atoms with Crippen LogP contribution in [-0.2, 0) is 16.6 Å². The third kappa shape index (κ3) is 4.30. The van der Waals surface area contributed by atoms with Crippen molar-refractivity contribution in [1.29, 1.82) is 0 Å². The van der Waals surface area contributed by atoms with Gasteiger partial charge in [0.15, 0.2) is 4.80 Å². The van der Waals surface area contributed by atoms with Crippen LogP contribution in [0.3, 0.4) is 0 Å². The highest BCUT2D eigenvalue weighted by Gasteiger charge is 2.23. The predicted molar refractivity (Wildman–Crippen MR) is 117 cm³/mol. The maximum absolute atomic E-state index is 12.7. The summed E-state index contributed by atoms with van der Waals surface area (Å²) in [5, 5.41) is 0.628. The number of thiazole rings is 1. The number of benzene rings is 2. The first-order valence-corrected chi connectivity index (χ1v) is 11.7. The number of halogens is 1. The fourth-order valence-corrected chi connectivity index (χ4v) is 5.54. The van der Waals surface area contributed by atoms with Gasteiger partial charge in [0.1, 0.15) is 0 Å². The molecule has 6 nitrogen and oxygen atoms in total. The minimum absolute atomic E-state index is 0.144. The number of rotatable bonds is 5. The summed E-state index contributed by atoms with van der Waals surface area (Å²) in [5.74, 6) is -0.425. The summed E-state index contributed by atoms with van der Waals surface area (Å²) in [6, 6.07) is 11.3. The summed E-state index contributed by atoms with van der Waals surface area (Å²) in [6.07, 6.45) is 0. The SMILES string of the molecule is CCn1c(=NC(=O)c2ccc(S(=O)(=O)N(C)C(C)C)cc2)sc2cc(Cl)ccc21. The first-order valence-electron chi connectivity index (χ1n) is 9.11. The van der Waals surface area contributed by atoms with E-state index in [0.29, 0.717) is 21.9 Å². The van der Waals surface area contributed by atoms with Gasteiger partial charge < -0.3 is 4.57 Å². The van der Waals surface area contributed by atoms with Crippen LogP contribution in [0.25, 0.3) is 10.2 Å². The Bertz CT molecular complexity index is 1230. The molecule has 1 aromatic heterocycles. The van der Waals surface area contributed by atoms with Crippen LogP contribution < -0.4 is 4.80 Å². The Morgan fingerprint density at radius 2 is 1.86 bits per heavy atom. The molecule has 0 spiro atoms. The molecule has 0 radical (unpaired) electrons. The second-order valence-electron chi connectivity index (χ2n) is 6.80. The summed E-state index contributed by atoms with van der Waals surface area (Å²) >= 11 is 7.45. The molecular weight excluding hydrogens is 430 g/mol. The molecule has 0 bridgehead atoms. The van der Waals surface area contributed by atoms with Crippen molar-refractivity contribution in [3.8, 4) is 0 Å². The van der Waals surface area contributed by atoms with Crippen LogP contribution in [0.4, 0.5) is 0 Å². The lowest BCUT2D eigenvalue weighted by atomic mass is 10.2. The van der Waals surface area contributed by atoms with Gasteiger partial charge in [-0.05, 0) is 63.2 Å². The van der Waals surface area contributed by atoms with Crippen molar-refractivity contribution in [1.82, 2.24) is 8.87 Å². The standard InChI is InChI=1S/C20H22ClN3O3S2/c1-5-24-17-11-8-15(21)12-18(17)28-20(24)22-19(25)14-6-9-16(10-7-14)29(26,27)23(4)13(2)3/h6-13H,5H2,1-4H3. The highest BCUT2D eigenvalue weighted by Crippen LogP contribution is 2.22. The van der Waals surface area contributed by atoms with Gasteiger partial charge in [-0.2, -0.15) is 9.30 Å². The molecule has 0 fully saturated rings. The van der Waals surface area contributed by atoms with E-state index in [-0.39, 0.29) is 10.9 Å². The van der Waals surface area contributed by atoms with Gasteiger partial charge in [0.25, 0.3) is 5.91 Å². The van der Waals surface area contributed by atoms with E-state index in [2.05, 4.69) is 4.99 Å². The number of nitrogens with zero attached hydrogens (tertiary/aromatic N) is 3. The van der Waals surface area contributed by atoms with Crippen LogP contribution in [0.15, 0.2) is 52.4 Å². The molecule has 0 aliphatic carbocycles. The number of amides is 1. The molecule has 0 aliphatic rings. The maximum atomic E-state index is 12.7. The fourth-order valence-electron chi connectivity index (χ4n) is 2.80. The molecule has 154 valence electrons. The van der Waals surface area contributed by atoms with Gasteiger partial charge in [0, 0.05) is 30.2 Å².